The van der Waals surface area contributed by atoms with Crippen molar-refractivity contribution in [3.8, 4) is 0 Å². The molecule has 0 radical (unpaired) electrons. The fraction of sp³-hybridized carbons (Fsp3) is 0.500. The predicted molar refractivity (Wildman–Crippen MR) is 126 cm³/mol. The Hall–Kier alpha value is -1.87. The predicted octanol–water partition coefficient (Wildman–Crippen LogP) is 5.77. The van der Waals surface area contributed by atoms with Gasteiger partial charge in [0.25, 0.3) is 5.97 Å². The van der Waals surface area contributed by atoms with Crippen LogP contribution in [-0.4, -0.2) is 15.0 Å². The standard InChI is InChI=1S/C26H38O2Si/c1-2-3-4-5-6-7-8-9-10-11-18-23-26(27)28-29(24-19-14-12-15-20-24)25-21-16-13-17-22-25/h12-17,19-22,29H,2-11,18,23H2,1H3. The first-order chi connectivity index (χ1) is 14.3. The number of rotatable bonds is 15. The van der Waals surface area contributed by atoms with Gasteiger partial charge in [-0.15, -0.1) is 0 Å². The Morgan fingerprint density at radius 1 is 0.655 bits per heavy atom. The van der Waals surface area contributed by atoms with E-state index < -0.39 is 9.04 Å². The van der Waals surface area contributed by atoms with Crippen molar-refractivity contribution in [3.05, 3.63) is 60.7 Å². The molecule has 29 heavy (non-hydrogen) atoms. The Kier molecular flexibility index (Phi) is 12.1. The second-order valence-electron chi connectivity index (χ2n) is 7.98. The van der Waals surface area contributed by atoms with E-state index in [1.165, 1.54) is 57.8 Å². The van der Waals surface area contributed by atoms with Crippen LogP contribution in [0, 0.1) is 0 Å². The fourth-order valence-electron chi connectivity index (χ4n) is 3.71. The molecule has 0 aromatic heterocycles. The van der Waals surface area contributed by atoms with E-state index in [4.69, 9.17) is 4.43 Å². The third-order valence-electron chi connectivity index (χ3n) is 5.44. The van der Waals surface area contributed by atoms with E-state index in [1.807, 2.05) is 36.4 Å². The van der Waals surface area contributed by atoms with Crippen LogP contribution in [-0.2, 0) is 9.22 Å². The summed E-state index contributed by atoms with van der Waals surface area (Å²) >= 11 is 0. The van der Waals surface area contributed by atoms with Crippen molar-refractivity contribution in [1.29, 1.82) is 0 Å². The second kappa shape index (κ2) is 15.0. The van der Waals surface area contributed by atoms with Crippen molar-refractivity contribution in [2.75, 3.05) is 0 Å². The summed E-state index contributed by atoms with van der Waals surface area (Å²) in [5, 5.41) is 2.32. The monoisotopic (exact) mass is 410 g/mol. The van der Waals surface area contributed by atoms with Gasteiger partial charge in [-0.25, -0.2) is 0 Å². The average molecular weight is 411 g/mol. The van der Waals surface area contributed by atoms with Crippen LogP contribution >= 0.6 is 0 Å². The summed E-state index contributed by atoms with van der Waals surface area (Å²) in [5.41, 5.74) is 0. The lowest BCUT2D eigenvalue weighted by atomic mass is 10.1. The van der Waals surface area contributed by atoms with Crippen LogP contribution in [0.15, 0.2) is 60.7 Å². The summed E-state index contributed by atoms with van der Waals surface area (Å²) in [4.78, 5) is 12.5. The minimum Gasteiger partial charge on any atom is -0.513 e. The van der Waals surface area contributed by atoms with Gasteiger partial charge in [-0.1, -0.05) is 132 Å². The molecule has 0 aliphatic rings. The van der Waals surface area contributed by atoms with Gasteiger partial charge in [-0.05, 0) is 16.8 Å². The zero-order valence-corrected chi connectivity index (χ0v) is 19.3. The molecule has 0 unspecified atom stereocenters. The number of benzene rings is 2. The highest BCUT2D eigenvalue weighted by atomic mass is 28.3. The van der Waals surface area contributed by atoms with Crippen molar-refractivity contribution in [2.45, 2.75) is 84.0 Å². The van der Waals surface area contributed by atoms with Gasteiger partial charge in [0.2, 0.25) is 0 Å². The van der Waals surface area contributed by atoms with Crippen LogP contribution in [0.1, 0.15) is 84.0 Å². The molecule has 0 atom stereocenters. The molecule has 158 valence electrons. The lowest BCUT2D eigenvalue weighted by Crippen LogP contribution is -2.46. The van der Waals surface area contributed by atoms with Gasteiger partial charge in [0.1, 0.15) is 0 Å². The van der Waals surface area contributed by atoms with Gasteiger partial charge in [0.15, 0.2) is 0 Å². The van der Waals surface area contributed by atoms with Crippen LogP contribution in [0.3, 0.4) is 0 Å². The summed E-state index contributed by atoms with van der Waals surface area (Å²) in [7, 11) is -1.94. The first kappa shape index (κ1) is 23.4. The topological polar surface area (TPSA) is 26.3 Å². The van der Waals surface area contributed by atoms with E-state index in [2.05, 4.69) is 31.2 Å². The molecule has 0 saturated carbocycles. The summed E-state index contributed by atoms with van der Waals surface area (Å²) in [5.74, 6) is -0.0368. The summed E-state index contributed by atoms with van der Waals surface area (Å²) < 4.78 is 6.01. The number of carbonyl (C=O) groups is 1. The van der Waals surface area contributed by atoms with Crippen molar-refractivity contribution in [1.82, 2.24) is 0 Å². The number of unbranched alkanes of at least 4 members (excludes halogenated alkanes) is 10. The van der Waals surface area contributed by atoms with Gasteiger partial charge in [-0.3, -0.25) is 4.79 Å². The molecule has 2 aromatic rings. The minimum atomic E-state index is -1.94. The molecule has 3 heteroatoms. The smallest absolute Gasteiger partial charge is 0.302 e. The zero-order valence-electron chi connectivity index (χ0n) is 18.2. The van der Waals surface area contributed by atoms with Crippen molar-refractivity contribution in [2.24, 2.45) is 0 Å². The van der Waals surface area contributed by atoms with Gasteiger partial charge in [0, 0.05) is 6.42 Å². The maximum absolute atomic E-state index is 12.5. The number of hydrogen-bond donors (Lipinski definition) is 0. The molecular weight excluding hydrogens is 372 g/mol. The van der Waals surface area contributed by atoms with E-state index in [0.717, 1.165) is 23.2 Å². The maximum Gasteiger partial charge on any atom is 0.302 e. The Labute approximate surface area is 179 Å². The first-order valence-electron chi connectivity index (χ1n) is 11.6. The quantitative estimate of drug-likeness (QED) is 0.275. The van der Waals surface area contributed by atoms with Crippen LogP contribution in [0.5, 0.6) is 0 Å². The fourth-order valence-corrected chi connectivity index (χ4v) is 5.89. The molecule has 2 aromatic carbocycles. The second-order valence-corrected chi connectivity index (χ2v) is 10.3. The molecule has 0 heterocycles. The largest absolute Gasteiger partial charge is 0.513 e. The lowest BCUT2D eigenvalue weighted by Gasteiger charge is -2.17. The highest BCUT2D eigenvalue weighted by Gasteiger charge is 2.21. The molecule has 0 N–H and O–H groups in total. The molecule has 0 spiro atoms. The van der Waals surface area contributed by atoms with Crippen molar-refractivity contribution < 1.29 is 9.22 Å². The Morgan fingerprint density at radius 2 is 1.07 bits per heavy atom. The molecule has 0 aliphatic carbocycles. The van der Waals surface area contributed by atoms with Crippen LogP contribution in [0.2, 0.25) is 0 Å². The molecule has 0 fully saturated rings. The zero-order chi connectivity index (χ0) is 20.6. The van der Waals surface area contributed by atoms with E-state index in [0.29, 0.717) is 6.42 Å². The first-order valence-corrected chi connectivity index (χ1v) is 13.2. The number of hydrogen-bond acceptors (Lipinski definition) is 2. The highest BCUT2D eigenvalue weighted by molar-refractivity contribution is 6.81. The van der Waals surface area contributed by atoms with Crippen LogP contribution in [0.4, 0.5) is 0 Å². The number of carbonyl (C=O) groups excluding carboxylic acids is 1. The van der Waals surface area contributed by atoms with Crippen molar-refractivity contribution in [3.63, 3.8) is 0 Å². The normalized spacial score (nSPS) is 11.0. The average Bonchev–Trinajstić information content (AvgIpc) is 2.77. The summed E-state index contributed by atoms with van der Waals surface area (Å²) in [6.45, 7) is 2.27. The van der Waals surface area contributed by atoms with Gasteiger partial charge in [0.05, 0.1) is 0 Å². The SMILES string of the molecule is CCCCCCCCCCCCCC(=O)O[SiH](c1ccccc1)c1ccccc1. The third kappa shape index (κ3) is 9.93. The highest BCUT2D eigenvalue weighted by Crippen LogP contribution is 2.12. The molecular formula is C26H38O2Si. The van der Waals surface area contributed by atoms with Gasteiger partial charge in [-0.2, -0.15) is 0 Å². The summed E-state index contributed by atoms with van der Waals surface area (Å²) in [6, 6.07) is 20.4. The molecule has 0 amide bonds. The summed E-state index contributed by atoms with van der Waals surface area (Å²) in [6.07, 6.45) is 14.7. The Morgan fingerprint density at radius 3 is 1.52 bits per heavy atom. The third-order valence-corrected chi connectivity index (χ3v) is 7.92. The molecule has 0 bridgehead atoms. The minimum absolute atomic E-state index is 0.0368. The van der Waals surface area contributed by atoms with Gasteiger partial charge < -0.3 is 4.43 Å². The molecule has 2 nitrogen and oxygen atoms in total. The van der Waals surface area contributed by atoms with E-state index in [-0.39, 0.29) is 5.97 Å². The Bertz CT molecular complexity index is 617. The molecule has 0 aliphatic heterocycles. The van der Waals surface area contributed by atoms with Crippen LogP contribution in [0.25, 0.3) is 0 Å². The van der Waals surface area contributed by atoms with E-state index in [9.17, 15) is 4.79 Å². The van der Waals surface area contributed by atoms with Gasteiger partial charge >= 0.3 is 9.04 Å². The maximum atomic E-state index is 12.5. The Balaban J connectivity index is 1.64. The molecule has 0 saturated heterocycles. The lowest BCUT2D eigenvalue weighted by molar-refractivity contribution is -0.134. The van der Waals surface area contributed by atoms with E-state index in [1.54, 1.807) is 0 Å². The van der Waals surface area contributed by atoms with Crippen molar-refractivity contribution >= 4 is 25.4 Å². The van der Waals surface area contributed by atoms with Crippen LogP contribution < -0.4 is 10.4 Å². The van der Waals surface area contributed by atoms with E-state index >= 15 is 0 Å². The molecule has 2 rings (SSSR count).